The predicted molar refractivity (Wildman–Crippen MR) is 195 cm³/mol. The third kappa shape index (κ3) is 4.64. The zero-order chi connectivity index (χ0) is 32.6. The van der Waals surface area contributed by atoms with E-state index in [1.54, 1.807) is 0 Å². The van der Waals surface area contributed by atoms with E-state index in [2.05, 4.69) is 121 Å². The summed E-state index contributed by atoms with van der Waals surface area (Å²) < 4.78 is 6.42. The summed E-state index contributed by atoms with van der Waals surface area (Å²) in [4.78, 5) is 1.38. The van der Waals surface area contributed by atoms with Crippen LogP contribution in [0.4, 0.5) is 0 Å². The van der Waals surface area contributed by atoms with Gasteiger partial charge in [0.2, 0.25) is 0 Å². The van der Waals surface area contributed by atoms with Crippen molar-refractivity contribution >= 4 is 24.7 Å². The highest BCUT2D eigenvalue weighted by atomic mass is 32.2. The topological polar surface area (TPSA) is 53.2 Å². The first kappa shape index (κ1) is 30.5. The van der Waals surface area contributed by atoms with E-state index in [-0.39, 0.29) is 29.1 Å². The highest BCUT2D eigenvalue weighted by Crippen LogP contribution is 2.66. The molecule has 0 radical (unpaired) electrons. The second-order valence-electron chi connectivity index (χ2n) is 14.7. The number of fused-ring (bicyclic) bond motifs is 10. The first-order valence-electron chi connectivity index (χ1n) is 16.8. The van der Waals surface area contributed by atoms with Crippen molar-refractivity contribution in [3.05, 3.63) is 148 Å². The van der Waals surface area contributed by atoms with E-state index in [1.165, 1.54) is 43.9 Å². The molecule has 6 aliphatic rings. The second kappa shape index (κ2) is 11.1. The highest BCUT2D eigenvalue weighted by molar-refractivity contribution is 8.04. The lowest BCUT2D eigenvalue weighted by Gasteiger charge is -2.50. The molecule has 234 valence electrons. The average molecular weight is 634 g/mol. The standard InChI is InChI=1S/C42H40BNO2S/c1-40(2,45)41(3,4)46-43-28-19-21-33-32-13-7-8-14-34(32)42(36(33)24-28)35-15-9-10-16-38(35)47-39-22-18-26(23-37(39)42)30-20-17-27(25-44)29-11-5-6-12-31(29)30/h5-17,19-24,26-27,29,35,38,43,45H,18H2,1-4H3. The molecule has 8 rings (SSSR count). The van der Waals surface area contributed by atoms with Crippen LogP contribution in [0.15, 0.2) is 137 Å². The van der Waals surface area contributed by atoms with E-state index >= 15 is 0 Å². The normalized spacial score (nSPS) is 29.7. The first-order chi connectivity index (χ1) is 22.6. The van der Waals surface area contributed by atoms with Crippen LogP contribution in [0.1, 0.15) is 45.2 Å². The molecule has 3 nitrogen and oxygen atoms in total. The minimum Gasteiger partial charge on any atom is -0.427 e. The molecule has 5 aliphatic carbocycles. The fraction of sp³-hybridized carbons (Fsp3) is 0.310. The molecule has 1 heterocycles. The van der Waals surface area contributed by atoms with E-state index in [9.17, 15) is 10.4 Å². The minimum atomic E-state index is -0.978. The third-order valence-electron chi connectivity index (χ3n) is 11.5. The summed E-state index contributed by atoms with van der Waals surface area (Å²) >= 11 is 2.01. The molecule has 2 aromatic carbocycles. The van der Waals surface area contributed by atoms with Crippen LogP contribution < -0.4 is 5.46 Å². The zero-order valence-electron chi connectivity index (χ0n) is 27.5. The fourth-order valence-electron chi connectivity index (χ4n) is 8.35. The molecule has 1 aliphatic heterocycles. The number of rotatable bonds is 5. The largest absolute Gasteiger partial charge is 0.427 e. The fourth-order valence-corrected chi connectivity index (χ4v) is 9.80. The maximum atomic E-state index is 10.8. The van der Waals surface area contributed by atoms with Gasteiger partial charge < -0.3 is 9.76 Å². The minimum absolute atomic E-state index is 0.0999. The summed E-state index contributed by atoms with van der Waals surface area (Å²) in [5, 5.41) is 21.0. The van der Waals surface area contributed by atoms with Crippen LogP contribution in [0.25, 0.3) is 11.1 Å². The van der Waals surface area contributed by atoms with Gasteiger partial charge in [0.05, 0.1) is 28.6 Å². The Labute approximate surface area is 283 Å². The van der Waals surface area contributed by atoms with E-state index in [0.29, 0.717) is 12.7 Å². The van der Waals surface area contributed by atoms with Crippen LogP contribution in [0.2, 0.25) is 0 Å². The predicted octanol–water partition coefficient (Wildman–Crippen LogP) is 7.93. The van der Waals surface area contributed by atoms with E-state index in [0.717, 1.165) is 11.9 Å². The Kier molecular flexibility index (Phi) is 7.23. The molecule has 5 heteroatoms. The van der Waals surface area contributed by atoms with Gasteiger partial charge in [-0.1, -0.05) is 121 Å². The Morgan fingerprint density at radius 1 is 0.915 bits per heavy atom. The van der Waals surface area contributed by atoms with Crippen LogP contribution in [0, 0.1) is 35.0 Å². The van der Waals surface area contributed by atoms with Crippen molar-refractivity contribution in [3.63, 3.8) is 0 Å². The number of thioether (sulfide) groups is 1. The Balaban J connectivity index is 1.31. The summed E-state index contributed by atoms with van der Waals surface area (Å²) in [6.07, 6.45) is 28.2. The Hall–Kier alpha value is -3.82. The van der Waals surface area contributed by atoms with Crippen molar-refractivity contribution in [1.29, 1.82) is 5.26 Å². The van der Waals surface area contributed by atoms with Crippen LogP contribution in [0.3, 0.4) is 0 Å². The Morgan fingerprint density at radius 3 is 2.53 bits per heavy atom. The van der Waals surface area contributed by atoms with Crippen molar-refractivity contribution < 1.29 is 9.76 Å². The highest BCUT2D eigenvalue weighted by Gasteiger charge is 2.57. The zero-order valence-corrected chi connectivity index (χ0v) is 28.3. The molecule has 0 saturated carbocycles. The molecule has 1 saturated heterocycles. The molecule has 0 bridgehead atoms. The number of allylic oxidation sites excluding steroid dienone is 14. The molecule has 0 aromatic heterocycles. The van der Waals surface area contributed by atoms with Gasteiger partial charge in [-0.15, -0.1) is 11.8 Å². The summed E-state index contributed by atoms with van der Waals surface area (Å²) in [5.41, 5.74) is 8.37. The molecule has 6 atom stereocenters. The SMILES string of the molecule is CC(C)(O)C(C)(C)OBc1ccc2c(c1)C1(C3=CC(C4=C5C=CC=CC5C(C#N)C=C4)CC=C3SC3C=CC=CC31)c1ccccc1-2. The Morgan fingerprint density at radius 2 is 1.70 bits per heavy atom. The molecular weight excluding hydrogens is 593 g/mol. The van der Waals surface area contributed by atoms with Gasteiger partial charge in [-0.05, 0) is 73.1 Å². The molecule has 0 amide bonds. The molecule has 1 fully saturated rings. The van der Waals surface area contributed by atoms with Gasteiger partial charge in [0, 0.05) is 27.9 Å². The summed E-state index contributed by atoms with van der Waals surface area (Å²) in [6.45, 7) is 7.54. The molecule has 6 unspecified atom stereocenters. The monoisotopic (exact) mass is 633 g/mol. The Bertz CT molecular complexity index is 1960. The van der Waals surface area contributed by atoms with E-state index < -0.39 is 11.2 Å². The molecule has 47 heavy (non-hydrogen) atoms. The van der Waals surface area contributed by atoms with Crippen molar-refractivity contribution in [2.45, 2.75) is 56.0 Å². The lowest BCUT2D eigenvalue weighted by molar-refractivity contribution is -0.0893. The van der Waals surface area contributed by atoms with Crippen molar-refractivity contribution in [1.82, 2.24) is 0 Å². The van der Waals surface area contributed by atoms with Crippen molar-refractivity contribution in [2.75, 3.05) is 0 Å². The molecule has 1 spiro atoms. The number of benzene rings is 2. The number of hydrogen-bond donors (Lipinski definition) is 1. The lowest BCUT2D eigenvalue weighted by atomic mass is 9.59. The van der Waals surface area contributed by atoms with Crippen molar-refractivity contribution in [2.24, 2.45) is 23.7 Å². The summed E-state index contributed by atoms with van der Waals surface area (Å²) in [5.74, 6) is 0.414. The van der Waals surface area contributed by atoms with Gasteiger partial charge in [-0.25, -0.2) is 0 Å². The summed E-state index contributed by atoms with van der Waals surface area (Å²) in [6, 6.07) is 18.4. The van der Waals surface area contributed by atoms with Gasteiger partial charge in [-0.2, -0.15) is 5.26 Å². The molecule has 2 aromatic rings. The molecule has 1 N–H and O–H groups in total. The van der Waals surface area contributed by atoms with Gasteiger partial charge in [-0.3, -0.25) is 0 Å². The van der Waals surface area contributed by atoms with E-state index in [1.807, 2.05) is 39.5 Å². The van der Waals surface area contributed by atoms with Gasteiger partial charge in [0.15, 0.2) is 0 Å². The van der Waals surface area contributed by atoms with Crippen LogP contribution in [0.5, 0.6) is 0 Å². The smallest absolute Gasteiger partial charge is 0.309 e. The maximum Gasteiger partial charge on any atom is 0.309 e. The van der Waals surface area contributed by atoms with Crippen molar-refractivity contribution in [3.8, 4) is 17.2 Å². The van der Waals surface area contributed by atoms with Crippen LogP contribution >= 0.6 is 11.8 Å². The van der Waals surface area contributed by atoms with Crippen LogP contribution in [-0.4, -0.2) is 29.0 Å². The number of nitriles is 1. The number of hydrogen-bond acceptors (Lipinski definition) is 4. The average Bonchev–Trinajstić information content (AvgIpc) is 3.36. The molecular formula is C42H40BNO2S. The maximum absolute atomic E-state index is 10.8. The number of aliphatic hydroxyl groups is 1. The van der Waals surface area contributed by atoms with Gasteiger partial charge >= 0.3 is 7.48 Å². The second-order valence-corrected chi connectivity index (χ2v) is 15.9. The lowest BCUT2D eigenvalue weighted by Crippen LogP contribution is -2.49. The van der Waals surface area contributed by atoms with Gasteiger partial charge in [0.1, 0.15) is 0 Å². The van der Waals surface area contributed by atoms with Gasteiger partial charge in [0.25, 0.3) is 0 Å². The van der Waals surface area contributed by atoms with E-state index in [4.69, 9.17) is 4.65 Å². The van der Waals surface area contributed by atoms with Crippen LogP contribution in [-0.2, 0) is 10.1 Å². The summed E-state index contributed by atoms with van der Waals surface area (Å²) in [7, 11) is 0.419. The first-order valence-corrected chi connectivity index (χ1v) is 17.7. The quantitative estimate of drug-likeness (QED) is 0.340. The number of nitrogens with zero attached hydrogens (tertiary/aromatic N) is 1. The third-order valence-corrected chi connectivity index (χ3v) is 12.9.